The molecule has 0 saturated carbocycles. The molecule has 0 radical (unpaired) electrons. The summed E-state index contributed by atoms with van der Waals surface area (Å²) in [7, 11) is 2.09. The largest absolute Gasteiger partial charge is 0.481 e. The lowest BCUT2D eigenvalue weighted by Crippen LogP contribution is -2.45. The third-order valence-electron chi connectivity index (χ3n) is 3.73. The van der Waals surface area contributed by atoms with Crippen LogP contribution in [0.15, 0.2) is 0 Å². The van der Waals surface area contributed by atoms with Gasteiger partial charge >= 0.3 is 5.97 Å². The van der Waals surface area contributed by atoms with Crippen molar-refractivity contribution in [2.75, 3.05) is 20.1 Å². The number of rotatable bonds is 6. The van der Waals surface area contributed by atoms with E-state index in [1.54, 1.807) is 0 Å². The number of likely N-dealkylation sites (N-methyl/N-ethyl adjacent to an activating group) is 1. The van der Waals surface area contributed by atoms with E-state index in [2.05, 4.69) is 17.3 Å². The number of piperidine rings is 1. The predicted octanol–water partition coefficient (Wildman–Crippen LogP) is 1.48. The molecule has 0 spiro atoms. The molecule has 1 aliphatic rings. The predicted molar refractivity (Wildman–Crippen MR) is 73.9 cm³/mol. The minimum Gasteiger partial charge on any atom is -0.481 e. The van der Waals surface area contributed by atoms with Crippen molar-refractivity contribution in [3.8, 4) is 0 Å². The molecular weight excluding hydrogens is 244 g/mol. The van der Waals surface area contributed by atoms with Crippen molar-refractivity contribution in [1.82, 2.24) is 10.2 Å². The Morgan fingerprint density at radius 2 is 2.00 bits per heavy atom. The molecule has 19 heavy (non-hydrogen) atoms. The number of likely N-dealkylation sites (tertiary alicyclic amines) is 1. The van der Waals surface area contributed by atoms with Crippen molar-refractivity contribution in [3.05, 3.63) is 0 Å². The number of carbonyl (C=O) groups excluding carboxylic acids is 1. The summed E-state index contributed by atoms with van der Waals surface area (Å²) in [6.45, 7) is 5.38. The Bertz CT molecular complexity index is 329. The molecule has 1 heterocycles. The van der Waals surface area contributed by atoms with Crippen molar-refractivity contribution >= 4 is 11.9 Å². The fourth-order valence-corrected chi connectivity index (χ4v) is 2.60. The van der Waals surface area contributed by atoms with Crippen LogP contribution in [-0.2, 0) is 9.59 Å². The summed E-state index contributed by atoms with van der Waals surface area (Å²) in [6.07, 6.45) is 3.84. The van der Waals surface area contributed by atoms with Gasteiger partial charge in [-0.1, -0.05) is 20.3 Å². The zero-order valence-corrected chi connectivity index (χ0v) is 12.2. The van der Waals surface area contributed by atoms with E-state index in [0.29, 0.717) is 12.6 Å². The van der Waals surface area contributed by atoms with Gasteiger partial charge in [0.25, 0.3) is 0 Å². The highest BCUT2D eigenvalue weighted by Crippen LogP contribution is 2.24. The SMILES string of the molecule is CN1CCCCC1CNC(=O)CC(C)(C)CC(=O)O. The average Bonchev–Trinajstić information content (AvgIpc) is 2.25. The molecule has 5 heteroatoms. The summed E-state index contributed by atoms with van der Waals surface area (Å²) < 4.78 is 0. The maximum absolute atomic E-state index is 11.9. The molecule has 0 aromatic rings. The molecule has 1 amide bonds. The molecule has 2 N–H and O–H groups in total. The van der Waals surface area contributed by atoms with Gasteiger partial charge in [0.1, 0.15) is 0 Å². The van der Waals surface area contributed by atoms with Gasteiger partial charge < -0.3 is 15.3 Å². The van der Waals surface area contributed by atoms with Gasteiger partial charge in [-0.2, -0.15) is 0 Å². The van der Waals surface area contributed by atoms with Crippen LogP contribution in [0.4, 0.5) is 0 Å². The zero-order valence-electron chi connectivity index (χ0n) is 12.2. The van der Waals surface area contributed by atoms with E-state index in [1.165, 1.54) is 12.8 Å². The van der Waals surface area contributed by atoms with Crippen LogP contribution < -0.4 is 5.32 Å². The molecule has 0 aliphatic carbocycles. The molecule has 1 saturated heterocycles. The van der Waals surface area contributed by atoms with Crippen molar-refractivity contribution < 1.29 is 14.7 Å². The fourth-order valence-electron chi connectivity index (χ4n) is 2.60. The van der Waals surface area contributed by atoms with Gasteiger partial charge in [-0.3, -0.25) is 9.59 Å². The molecule has 110 valence electrons. The number of carboxylic acid groups (broad SMARTS) is 1. The van der Waals surface area contributed by atoms with Crippen molar-refractivity contribution in [2.24, 2.45) is 5.41 Å². The van der Waals surface area contributed by atoms with Gasteiger partial charge in [0.2, 0.25) is 5.91 Å². The van der Waals surface area contributed by atoms with E-state index in [4.69, 9.17) is 5.11 Å². The Hall–Kier alpha value is -1.10. The van der Waals surface area contributed by atoms with Crippen LogP contribution in [0, 0.1) is 5.41 Å². The molecule has 1 atom stereocenters. The molecule has 1 aliphatic heterocycles. The lowest BCUT2D eigenvalue weighted by atomic mass is 9.85. The highest BCUT2D eigenvalue weighted by Gasteiger charge is 2.26. The van der Waals surface area contributed by atoms with Crippen molar-refractivity contribution in [3.63, 3.8) is 0 Å². The highest BCUT2D eigenvalue weighted by molar-refractivity contribution is 5.77. The van der Waals surface area contributed by atoms with Gasteiger partial charge in [-0.15, -0.1) is 0 Å². The number of nitrogens with zero attached hydrogens (tertiary/aromatic N) is 1. The average molecular weight is 270 g/mol. The van der Waals surface area contributed by atoms with Gasteiger partial charge in [0.05, 0.1) is 6.42 Å². The molecule has 1 unspecified atom stereocenters. The standard InChI is InChI=1S/C14H26N2O3/c1-14(2,9-13(18)19)8-12(17)15-10-11-6-4-5-7-16(11)3/h11H,4-10H2,1-3H3,(H,15,17)(H,18,19). The number of aliphatic carboxylic acids is 1. The smallest absolute Gasteiger partial charge is 0.303 e. The Morgan fingerprint density at radius 3 is 2.58 bits per heavy atom. The lowest BCUT2D eigenvalue weighted by Gasteiger charge is -2.32. The Morgan fingerprint density at radius 1 is 1.32 bits per heavy atom. The number of nitrogens with one attached hydrogen (secondary N) is 1. The topological polar surface area (TPSA) is 69.6 Å². The van der Waals surface area contributed by atoms with Gasteiger partial charge in [-0.25, -0.2) is 0 Å². The number of carboxylic acids is 1. The highest BCUT2D eigenvalue weighted by atomic mass is 16.4. The Labute approximate surface area is 115 Å². The summed E-state index contributed by atoms with van der Waals surface area (Å²) in [5, 5.41) is 11.7. The summed E-state index contributed by atoms with van der Waals surface area (Å²) >= 11 is 0. The second-order valence-corrected chi connectivity index (χ2v) is 6.35. The van der Waals surface area contributed by atoms with Crippen LogP contribution in [-0.4, -0.2) is 48.1 Å². The van der Waals surface area contributed by atoms with Gasteiger partial charge in [-0.05, 0) is 31.8 Å². The van der Waals surface area contributed by atoms with E-state index in [1.807, 2.05) is 13.8 Å². The quantitative estimate of drug-likeness (QED) is 0.767. The Balaban J connectivity index is 2.32. The van der Waals surface area contributed by atoms with Crippen LogP contribution in [0.25, 0.3) is 0 Å². The van der Waals surface area contributed by atoms with E-state index in [-0.39, 0.29) is 18.7 Å². The van der Waals surface area contributed by atoms with Crippen LogP contribution >= 0.6 is 0 Å². The molecule has 1 rings (SSSR count). The van der Waals surface area contributed by atoms with Crippen LogP contribution in [0.5, 0.6) is 0 Å². The third-order valence-corrected chi connectivity index (χ3v) is 3.73. The zero-order chi connectivity index (χ0) is 14.5. The Kier molecular flexibility index (Phi) is 5.79. The number of amides is 1. The lowest BCUT2D eigenvalue weighted by molar-refractivity contribution is -0.139. The normalized spacial score (nSPS) is 21.1. The summed E-state index contributed by atoms with van der Waals surface area (Å²) in [6, 6.07) is 0.417. The van der Waals surface area contributed by atoms with Crippen molar-refractivity contribution in [2.45, 2.75) is 52.0 Å². The first-order valence-electron chi connectivity index (χ1n) is 6.99. The van der Waals surface area contributed by atoms with Crippen LogP contribution in [0.1, 0.15) is 46.0 Å². The monoisotopic (exact) mass is 270 g/mol. The van der Waals surface area contributed by atoms with E-state index in [9.17, 15) is 9.59 Å². The second kappa shape index (κ2) is 6.89. The van der Waals surface area contributed by atoms with E-state index >= 15 is 0 Å². The summed E-state index contributed by atoms with van der Waals surface area (Å²) in [5.41, 5.74) is -0.492. The van der Waals surface area contributed by atoms with Crippen LogP contribution in [0.3, 0.4) is 0 Å². The molecule has 1 fully saturated rings. The first-order valence-corrected chi connectivity index (χ1v) is 6.99. The van der Waals surface area contributed by atoms with Gasteiger partial charge in [0, 0.05) is 19.0 Å². The third kappa shape index (κ3) is 6.05. The number of hydrogen-bond donors (Lipinski definition) is 2. The first kappa shape index (κ1) is 16.0. The van der Waals surface area contributed by atoms with Gasteiger partial charge in [0.15, 0.2) is 0 Å². The minimum absolute atomic E-state index is 0.0176. The molecule has 0 aromatic heterocycles. The molecule has 0 aromatic carbocycles. The molecule has 5 nitrogen and oxygen atoms in total. The fraction of sp³-hybridized carbons (Fsp3) is 0.857. The maximum Gasteiger partial charge on any atom is 0.303 e. The minimum atomic E-state index is -0.857. The first-order chi connectivity index (χ1) is 8.80. The van der Waals surface area contributed by atoms with E-state index < -0.39 is 11.4 Å². The van der Waals surface area contributed by atoms with Crippen LogP contribution in [0.2, 0.25) is 0 Å². The molecule has 0 bridgehead atoms. The summed E-state index contributed by atoms with van der Waals surface area (Å²) in [5.74, 6) is -0.907. The molecular formula is C14H26N2O3. The van der Waals surface area contributed by atoms with E-state index in [0.717, 1.165) is 13.0 Å². The second-order valence-electron chi connectivity index (χ2n) is 6.35. The van der Waals surface area contributed by atoms with Crippen molar-refractivity contribution in [1.29, 1.82) is 0 Å². The number of carbonyl (C=O) groups is 2. The maximum atomic E-state index is 11.9. The summed E-state index contributed by atoms with van der Waals surface area (Å²) in [4.78, 5) is 24.9. The number of hydrogen-bond acceptors (Lipinski definition) is 3.